The van der Waals surface area contributed by atoms with Gasteiger partial charge in [-0.2, -0.15) is 22.0 Å². The van der Waals surface area contributed by atoms with Crippen molar-refractivity contribution in [1.82, 2.24) is 10.2 Å². The minimum Gasteiger partial charge on any atom is -0.372 e. The number of carbonyl (C=O) groups is 2. The van der Waals surface area contributed by atoms with Gasteiger partial charge in [0.2, 0.25) is 5.60 Å². The van der Waals surface area contributed by atoms with Crippen LogP contribution in [-0.4, -0.2) is 67.1 Å². The largest absolute Gasteiger partial charge is 0.457 e. The first kappa shape index (κ1) is 29.8. The van der Waals surface area contributed by atoms with Gasteiger partial charge < -0.3 is 20.2 Å². The maximum atomic E-state index is 14.6. The summed E-state index contributed by atoms with van der Waals surface area (Å²) >= 11 is 0. The first-order chi connectivity index (χ1) is 18.9. The first-order valence-corrected chi connectivity index (χ1v) is 13.5. The Labute approximate surface area is 230 Å². The van der Waals surface area contributed by atoms with Gasteiger partial charge in [-0.05, 0) is 73.8 Å². The number of hydrogen-bond donors (Lipinski definition) is 2. The third-order valence-corrected chi connectivity index (χ3v) is 8.22. The molecule has 0 spiro atoms. The van der Waals surface area contributed by atoms with Crippen molar-refractivity contribution in [1.29, 1.82) is 0 Å². The second-order valence-electron chi connectivity index (χ2n) is 10.7. The highest BCUT2D eigenvalue weighted by molar-refractivity contribution is 5.94. The van der Waals surface area contributed by atoms with Gasteiger partial charge >= 0.3 is 12.1 Å². The van der Waals surface area contributed by atoms with Gasteiger partial charge in [0.05, 0.1) is 0 Å². The number of halogens is 5. The number of alkyl halides is 5. The summed E-state index contributed by atoms with van der Waals surface area (Å²) < 4.78 is 69.4. The number of anilines is 1. The number of carbonyl (C=O) groups excluding carboxylic acids is 2. The molecule has 2 aliphatic heterocycles. The molecule has 2 aliphatic rings. The average Bonchev–Trinajstić information content (AvgIpc) is 2.96. The van der Waals surface area contributed by atoms with E-state index in [0.717, 1.165) is 55.1 Å². The molecule has 218 valence electrons. The smallest absolute Gasteiger partial charge is 0.372 e. The fourth-order valence-corrected chi connectivity index (χ4v) is 5.79. The van der Waals surface area contributed by atoms with Crippen molar-refractivity contribution >= 4 is 17.5 Å². The van der Waals surface area contributed by atoms with E-state index >= 15 is 0 Å². The Morgan fingerprint density at radius 2 is 1.38 bits per heavy atom. The molecule has 2 aromatic carbocycles. The van der Waals surface area contributed by atoms with Gasteiger partial charge in [-0.1, -0.05) is 30.3 Å². The molecular weight excluding hydrogens is 533 g/mol. The van der Waals surface area contributed by atoms with E-state index in [9.17, 15) is 36.6 Å². The molecule has 2 saturated heterocycles. The molecule has 0 unspecified atom stereocenters. The van der Waals surface area contributed by atoms with Crippen molar-refractivity contribution in [2.75, 3.05) is 38.1 Å². The zero-order valence-corrected chi connectivity index (χ0v) is 22.3. The second-order valence-corrected chi connectivity index (χ2v) is 10.7. The molecule has 2 fully saturated rings. The van der Waals surface area contributed by atoms with Crippen LogP contribution in [-0.2, 0) is 10.4 Å². The number of hydrogen-bond acceptors (Lipinski definition) is 4. The molecular formula is C29H34F5N3O3. The van der Waals surface area contributed by atoms with Crippen LogP contribution < -0.4 is 10.2 Å². The monoisotopic (exact) mass is 567 g/mol. The van der Waals surface area contributed by atoms with Gasteiger partial charge in [0.15, 0.2) is 0 Å². The number of nitrogens with zero attached hydrogens (tertiary/aromatic N) is 2. The Hall–Kier alpha value is -3.21. The summed E-state index contributed by atoms with van der Waals surface area (Å²) in [5, 5.41) is 13.4. The quantitative estimate of drug-likeness (QED) is 0.464. The molecule has 2 amide bonds. The molecule has 2 aromatic rings. The van der Waals surface area contributed by atoms with Crippen LogP contribution in [0.1, 0.15) is 48.0 Å². The van der Waals surface area contributed by atoms with Crippen molar-refractivity contribution in [2.24, 2.45) is 11.8 Å². The van der Waals surface area contributed by atoms with E-state index in [0.29, 0.717) is 24.3 Å². The van der Waals surface area contributed by atoms with E-state index in [4.69, 9.17) is 0 Å². The van der Waals surface area contributed by atoms with Crippen LogP contribution in [0.2, 0.25) is 0 Å². The first-order valence-electron chi connectivity index (χ1n) is 13.5. The number of piperidine rings is 2. The molecule has 0 aromatic heterocycles. The molecule has 0 radical (unpaired) electrons. The lowest BCUT2D eigenvalue weighted by molar-refractivity contribution is -0.339. The summed E-state index contributed by atoms with van der Waals surface area (Å²) in [7, 11) is 1.58. The fourth-order valence-electron chi connectivity index (χ4n) is 5.79. The van der Waals surface area contributed by atoms with E-state index in [1.807, 2.05) is 12.1 Å². The maximum Gasteiger partial charge on any atom is 0.457 e. The number of nitrogens with one attached hydrogen (secondary N) is 1. The highest BCUT2D eigenvalue weighted by atomic mass is 19.4. The second kappa shape index (κ2) is 11.7. The molecule has 0 aliphatic carbocycles. The lowest BCUT2D eigenvalue weighted by Gasteiger charge is -2.42. The van der Waals surface area contributed by atoms with Crippen molar-refractivity contribution in [3.05, 3.63) is 65.7 Å². The zero-order chi connectivity index (χ0) is 29.1. The summed E-state index contributed by atoms with van der Waals surface area (Å²) in [5.74, 6) is -6.80. The SMILES string of the molecule is CNC(=O)c1ccc(N2CCC(CC3CCN(C(=O)[C@](O)(c4ccccc4)C(F)(F)C(F)(F)F)CC3)CC2)cc1. The van der Waals surface area contributed by atoms with Gasteiger partial charge in [-0.25, -0.2) is 0 Å². The molecule has 11 heteroatoms. The third-order valence-electron chi connectivity index (χ3n) is 8.22. The number of likely N-dealkylation sites (tertiary alicyclic amines) is 1. The summed E-state index contributed by atoms with van der Waals surface area (Å²) in [5.41, 5.74) is -3.21. The Morgan fingerprint density at radius 1 is 0.850 bits per heavy atom. The predicted octanol–water partition coefficient (Wildman–Crippen LogP) is 4.98. The molecule has 40 heavy (non-hydrogen) atoms. The van der Waals surface area contributed by atoms with E-state index < -0.39 is 29.2 Å². The summed E-state index contributed by atoms with van der Waals surface area (Å²) in [6, 6.07) is 13.1. The van der Waals surface area contributed by atoms with E-state index in [1.165, 1.54) is 18.2 Å². The number of benzene rings is 2. The zero-order valence-electron chi connectivity index (χ0n) is 22.3. The van der Waals surface area contributed by atoms with Gasteiger partial charge in [0.25, 0.3) is 11.8 Å². The molecule has 0 saturated carbocycles. The maximum absolute atomic E-state index is 14.6. The van der Waals surface area contributed by atoms with E-state index in [-0.39, 0.29) is 24.9 Å². The Balaban J connectivity index is 1.33. The Bertz CT molecular complexity index is 1160. The lowest BCUT2D eigenvalue weighted by atomic mass is 9.81. The van der Waals surface area contributed by atoms with Crippen LogP contribution in [0.4, 0.5) is 27.6 Å². The van der Waals surface area contributed by atoms with Crippen LogP contribution in [0.3, 0.4) is 0 Å². The van der Waals surface area contributed by atoms with Gasteiger partial charge in [-0.15, -0.1) is 0 Å². The average molecular weight is 568 g/mol. The van der Waals surface area contributed by atoms with E-state index in [2.05, 4.69) is 10.2 Å². The summed E-state index contributed by atoms with van der Waals surface area (Å²) in [6.45, 7) is 1.70. The molecule has 6 nitrogen and oxygen atoms in total. The number of aliphatic hydroxyl groups is 1. The van der Waals surface area contributed by atoms with Crippen molar-refractivity contribution < 1.29 is 36.6 Å². The van der Waals surface area contributed by atoms with Crippen LogP contribution in [0.5, 0.6) is 0 Å². The van der Waals surface area contributed by atoms with Gasteiger partial charge in [0, 0.05) is 44.5 Å². The van der Waals surface area contributed by atoms with Crippen LogP contribution in [0.25, 0.3) is 0 Å². The van der Waals surface area contributed by atoms with Gasteiger partial charge in [0.1, 0.15) is 0 Å². The van der Waals surface area contributed by atoms with Crippen molar-refractivity contribution in [3.63, 3.8) is 0 Å². The molecule has 2 N–H and O–H groups in total. The lowest BCUT2D eigenvalue weighted by Crippen LogP contribution is -2.63. The molecule has 0 bridgehead atoms. The molecule has 4 rings (SSSR count). The Kier molecular flexibility index (Phi) is 8.72. The topological polar surface area (TPSA) is 72.9 Å². The number of rotatable bonds is 7. The summed E-state index contributed by atoms with van der Waals surface area (Å²) in [4.78, 5) is 28.1. The highest BCUT2D eigenvalue weighted by Crippen LogP contribution is 2.49. The molecule has 1 atom stereocenters. The molecule has 2 heterocycles. The predicted molar refractivity (Wildman–Crippen MR) is 140 cm³/mol. The number of amides is 2. The normalized spacial score (nSPS) is 19.3. The highest BCUT2D eigenvalue weighted by Gasteiger charge is 2.74. The van der Waals surface area contributed by atoms with Crippen LogP contribution >= 0.6 is 0 Å². The standard InChI is InChI=1S/C29H34F5N3O3/c1-35-25(38)22-7-9-24(10-8-22)36-15-11-20(12-16-36)19-21-13-17-37(18-14-21)26(39)27(40,23-5-3-2-4-6-23)28(30,31)29(32,33)34/h2-10,20-21,40H,11-19H2,1H3,(H,35,38)/t27-/m1/s1. The minimum absolute atomic E-state index is 0.00309. The summed E-state index contributed by atoms with van der Waals surface area (Å²) in [6.07, 6.45) is -2.41. The fraction of sp³-hybridized carbons (Fsp3) is 0.517. The minimum atomic E-state index is -6.12. The van der Waals surface area contributed by atoms with Crippen LogP contribution in [0.15, 0.2) is 54.6 Å². The van der Waals surface area contributed by atoms with Gasteiger partial charge in [-0.3, -0.25) is 9.59 Å². The van der Waals surface area contributed by atoms with E-state index in [1.54, 1.807) is 19.2 Å². The van der Waals surface area contributed by atoms with Crippen molar-refractivity contribution in [2.45, 2.75) is 49.8 Å². The van der Waals surface area contributed by atoms with Crippen molar-refractivity contribution in [3.8, 4) is 0 Å². The van der Waals surface area contributed by atoms with Crippen LogP contribution in [0, 0.1) is 11.8 Å². The third kappa shape index (κ3) is 5.80. The Morgan fingerprint density at radius 3 is 1.88 bits per heavy atom.